The molecule has 1 N–H and O–H groups in total. The van der Waals surface area contributed by atoms with E-state index in [1.54, 1.807) is 30.5 Å². The first-order chi connectivity index (χ1) is 11.7. The molecule has 1 aliphatic heterocycles. The maximum atomic E-state index is 14.6. The molecule has 4 rings (SSSR count). The molecule has 0 saturated carbocycles. The van der Waals surface area contributed by atoms with E-state index in [-0.39, 0.29) is 16.5 Å². The Labute approximate surface area is 137 Å². The van der Waals surface area contributed by atoms with Gasteiger partial charge in [-0.15, -0.1) is 0 Å². The van der Waals surface area contributed by atoms with Crippen molar-refractivity contribution in [1.29, 1.82) is 0 Å². The van der Waals surface area contributed by atoms with Gasteiger partial charge in [0.15, 0.2) is 0 Å². The second kappa shape index (κ2) is 6.05. The van der Waals surface area contributed by atoms with Crippen LogP contribution in [-0.2, 0) is 0 Å². The summed E-state index contributed by atoms with van der Waals surface area (Å²) in [4.78, 5) is 18.5. The number of aromatic nitrogens is 1. The molecule has 3 aromatic rings. The largest absolute Gasteiger partial charge is 0.422 e. The van der Waals surface area contributed by atoms with E-state index in [1.807, 2.05) is 0 Å². The molecule has 0 spiro atoms. The lowest BCUT2D eigenvalue weighted by molar-refractivity contribution is 0.555. The van der Waals surface area contributed by atoms with Crippen LogP contribution < -0.4 is 15.8 Å². The highest BCUT2D eigenvalue weighted by Crippen LogP contribution is 2.27. The van der Waals surface area contributed by atoms with E-state index in [0.29, 0.717) is 5.69 Å². The van der Waals surface area contributed by atoms with Crippen LogP contribution in [0.4, 0.5) is 10.1 Å². The first-order valence-corrected chi connectivity index (χ1v) is 7.87. The second-order valence-corrected chi connectivity index (χ2v) is 5.74. The number of nitrogens with one attached hydrogen (secondary N) is 1. The highest BCUT2D eigenvalue weighted by atomic mass is 19.1. The third-order valence-electron chi connectivity index (χ3n) is 4.21. The number of benzene rings is 1. The Balaban J connectivity index is 1.84. The average Bonchev–Trinajstić information content (AvgIpc) is 2.62. The molecule has 24 heavy (non-hydrogen) atoms. The highest BCUT2D eigenvalue weighted by Gasteiger charge is 2.16. The minimum absolute atomic E-state index is 0.258. The summed E-state index contributed by atoms with van der Waals surface area (Å²) in [6.07, 6.45) is 1.59. The van der Waals surface area contributed by atoms with Gasteiger partial charge in [0.1, 0.15) is 11.4 Å². The molecule has 1 fully saturated rings. The van der Waals surface area contributed by atoms with Gasteiger partial charge in [-0.2, -0.15) is 0 Å². The van der Waals surface area contributed by atoms with E-state index in [2.05, 4.69) is 15.2 Å². The first-order valence-electron chi connectivity index (χ1n) is 7.87. The van der Waals surface area contributed by atoms with E-state index in [4.69, 9.17) is 4.42 Å². The number of hydrogen-bond acceptors (Lipinski definition) is 5. The summed E-state index contributed by atoms with van der Waals surface area (Å²) in [5, 5.41) is 3.54. The molecule has 0 bridgehead atoms. The zero-order chi connectivity index (χ0) is 16.5. The standard InChI is InChI=1S/C18H16FN3O2/c19-15-9-12(22-7-5-20-6-8-22)10-17-13(15)11-14(18(23)24-17)16-3-1-2-4-21-16/h1-4,9-11,20H,5-8H2. The minimum atomic E-state index is -0.516. The van der Waals surface area contributed by atoms with Gasteiger partial charge < -0.3 is 14.6 Å². The van der Waals surface area contributed by atoms with E-state index in [0.717, 1.165) is 31.9 Å². The quantitative estimate of drug-likeness (QED) is 0.733. The number of nitrogens with zero attached hydrogens (tertiary/aromatic N) is 2. The molecule has 122 valence electrons. The maximum Gasteiger partial charge on any atom is 0.345 e. The van der Waals surface area contributed by atoms with Gasteiger partial charge in [-0.3, -0.25) is 4.98 Å². The Hall–Kier alpha value is -2.73. The molecule has 0 radical (unpaired) electrons. The molecule has 3 heterocycles. The molecule has 6 heteroatoms. The van der Waals surface area contributed by atoms with Crippen LogP contribution in [0.5, 0.6) is 0 Å². The SMILES string of the molecule is O=c1oc2cc(N3CCNCC3)cc(F)c2cc1-c1ccccn1. The lowest BCUT2D eigenvalue weighted by Crippen LogP contribution is -2.43. The Kier molecular flexibility index (Phi) is 3.74. The van der Waals surface area contributed by atoms with Gasteiger partial charge in [-0.1, -0.05) is 6.07 Å². The zero-order valence-corrected chi connectivity index (χ0v) is 13.0. The molecule has 1 saturated heterocycles. The molecule has 2 aromatic heterocycles. The zero-order valence-electron chi connectivity index (χ0n) is 13.0. The van der Waals surface area contributed by atoms with Crippen LogP contribution in [0, 0.1) is 5.82 Å². The van der Waals surface area contributed by atoms with Gasteiger partial charge in [-0.25, -0.2) is 9.18 Å². The van der Waals surface area contributed by atoms with Crippen molar-refractivity contribution >= 4 is 16.7 Å². The van der Waals surface area contributed by atoms with Crippen molar-refractivity contribution in [3.8, 4) is 11.3 Å². The molecule has 1 aromatic carbocycles. The normalized spacial score (nSPS) is 15.0. The summed E-state index contributed by atoms with van der Waals surface area (Å²) >= 11 is 0. The van der Waals surface area contributed by atoms with Gasteiger partial charge in [0.25, 0.3) is 0 Å². The fraction of sp³-hybridized carbons (Fsp3) is 0.222. The third kappa shape index (κ3) is 2.65. The van der Waals surface area contributed by atoms with Gasteiger partial charge >= 0.3 is 5.63 Å². The van der Waals surface area contributed by atoms with Crippen LogP contribution in [0.1, 0.15) is 0 Å². The van der Waals surface area contributed by atoms with Crippen LogP contribution in [0.25, 0.3) is 22.2 Å². The molecular formula is C18H16FN3O2. The van der Waals surface area contributed by atoms with Crippen molar-refractivity contribution in [2.24, 2.45) is 0 Å². The number of rotatable bonds is 2. The molecular weight excluding hydrogens is 309 g/mol. The number of hydrogen-bond donors (Lipinski definition) is 1. The number of halogens is 1. The van der Waals surface area contributed by atoms with E-state index < -0.39 is 11.4 Å². The van der Waals surface area contributed by atoms with Crippen LogP contribution >= 0.6 is 0 Å². The third-order valence-corrected chi connectivity index (χ3v) is 4.21. The van der Waals surface area contributed by atoms with Crippen molar-refractivity contribution in [3.63, 3.8) is 0 Å². The number of pyridine rings is 1. The summed E-state index contributed by atoms with van der Waals surface area (Å²) in [7, 11) is 0. The predicted octanol–water partition coefficient (Wildman–Crippen LogP) is 2.40. The summed E-state index contributed by atoms with van der Waals surface area (Å²) in [5.74, 6) is -0.401. The number of fused-ring (bicyclic) bond motifs is 1. The Morgan fingerprint density at radius 1 is 1.17 bits per heavy atom. The van der Waals surface area contributed by atoms with Crippen molar-refractivity contribution in [2.45, 2.75) is 0 Å². The van der Waals surface area contributed by atoms with Crippen LogP contribution in [-0.4, -0.2) is 31.2 Å². The molecule has 5 nitrogen and oxygen atoms in total. The van der Waals surface area contributed by atoms with Gasteiger partial charge in [0, 0.05) is 44.1 Å². The summed E-state index contributed by atoms with van der Waals surface area (Å²) in [6, 6.07) is 9.97. The summed E-state index contributed by atoms with van der Waals surface area (Å²) in [6.45, 7) is 3.28. The fourth-order valence-electron chi connectivity index (χ4n) is 2.97. The van der Waals surface area contributed by atoms with Gasteiger partial charge in [0.2, 0.25) is 0 Å². The molecule has 0 aliphatic carbocycles. The Morgan fingerprint density at radius 2 is 2.00 bits per heavy atom. The highest BCUT2D eigenvalue weighted by molar-refractivity contribution is 5.84. The van der Waals surface area contributed by atoms with E-state index in [1.165, 1.54) is 12.1 Å². The number of piperazine rings is 1. The minimum Gasteiger partial charge on any atom is -0.422 e. The maximum absolute atomic E-state index is 14.6. The lowest BCUT2D eigenvalue weighted by Gasteiger charge is -2.29. The molecule has 0 unspecified atom stereocenters. The fourth-order valence-corrected chi connectivity index (χ4v) is 2.97. The summed E-state index contributed by atoms with van der Waals surface area (Å²) < 4.78 is 20.0. The van der Waals surface area contributed by atoms with Crippen molar-refractivity contribution < 1.29 is 8.81 Å². The Bertz CT molecular complexity index is 934. The number of anilines is 1. The topological polar surface area (TPSA) is 58.4 Å². The Morgan fingerprint density at radius 3 is 2.75 bits per heavy atom. The molecule has 0 atom stereocenters. The van der Waals surface area contributed by atoms with Crippen molar-refractivity contribution in [2.75, 3.05) is 31.1 Å². The molecule has 1 aliphatic rings. The van der Waals surface area contributed by atoms with Gasteiger partial charge in [-0.05, 0) is 24.3 Å². The van der Waals surface area contributed by atoms with Crippen LogP contribution in [0.2, 0.25) is 0 Å². The van der Waals surface area contributed by atoms with E-state index in [9.17, 15) is 9.18 Å². The molecule has 0 amide bonds. The lowest BCUT2D eigenvalue weighted by atomic mass is 10.1. The van der Waals surface area contributed by atoms with Crippen molar-refractivity contribution in [3.05, 3.63) is 58.8 Å². The average molecular weight is 325 g/mol. The van der Waals surface area contributed by atoms with Crippen molar-refractivity contribution in [1.82, 2.24) is 10.3 Å². The van der Waals surface area contributed by atoms with Gasteiger partial charge in [0.05, 0.1) is 16.6 Å². The van der Waals surface area contributed by atoms with Crippen LogP contribution in [0.15, 0.2) is 51.8 Å². The predicted molar refractivity (Wildman–Crippen MR) is 90.8 cm³/mol. The second-order valence-electron chi connectivity index (χ2n) is 5.74. The smallest absolute Gasteiger partial charge is 0.345 e. The summed E-state index contributed by atoms with van der Waals surface area (Å²) in [5.41, 5.74) is 1.21. The first kappa shape index (κ1) is 14.8. The van der Waals surface area contributed by atoms with E-state index >= 15 is 0 Å². The van der Waals surface area contributed by atoms with Crippen LogP contribution in [0.3, 0.4) is 0 Å². The monoisotopic (exact) mass is 325 g/mol.